The van der Waals surface area contributed by atoms with Crippen molar-refractivity contribution in [3.8, 4) is 0 Å². The Morgan fingerprint density at radius 1 is 1.24 bits per heavy atom. The second-order valence-electron chi connectivity index (χ2n) is 4.98. The first-order valence-electron chi connectivity index (χ1n) is 6.87. The van der Waals surface area contributed by atoms with Gasteiger partial charge in [0.2, 0.25) is 5.91 Å². The second kappa shape index (κ2) is 7.45. The van der Waals surface area contributed by atoms with E-state index in [0.717, 1.165) is 11.3 Å². The minimum atomic E-state index is -0.114. The van der Waals surface area contributed by atoms with Gasteiger partial charge >= 0.3 is 0 Å². The van der Waals surface area contributed by atoms with Crippen LogP contribution in [0.4, 0.5) is 0 Å². The summed E-state index contributed by atoms with van der Waals surface area (Å²) in [5, 5.41) is 2.90. The van der Waals surface area contributed by atoms with Crippen LogP contribution in [0.1, 0.15) is 17.4 Å². The van der Waals surface area contributed by atoms with Crippen molar-refractivity contribution in [1.82, 2.24) is 10.2 Å². The van der Waals surface area contributed by atoms with Gasteiger partial charge in [-0.25, -0.2) is 0 Å². The molecule has 0 aliphatic rings. The average Bonchev–Trinajstić information content (AvgIpc) is 3.00. The van der Waals surface area contributed by atoms with Gasteiger partial charge in [-0.2, -0.15) is 0 Å². The van der Waals surface area contributed by atoms with E-state index in [1.807, 2.05) is 61.5 Å². The van der Waals surface area contributed by atoms with Gasteiger partial charge in [-0.15, -0.1) is 0 Å². The molecule has 4 nitrogen and oxygen atoms in total. The number of rotatable bonds is 6. The number of amides is 1. The maximum Gasteiger partial charge on any atom is 0.244 e. The van der Waals surface area contributed by atoms with Crippen LogP contribution < -0.4 is 5.32 Å². The van der Waals surface area contributed by atoms with Crippen molar-refractivity contribution in [2.45, 2.75) is 6.04 Å². The lowest BCUT2D eigenvalue weighted by Gasteiger charge is -2.22. The summed E-state index contributed by atoms with van der Waals surface area (Å²) in [7, 11) is 3.91. The van der Waals surface area contributed by atoms with Gasteiger partial charge in [0.25, 0.3) is 0 Å². The first-order valence-corrected chi connectivity index (χ1v) is 6.87. The fraction of sp³-hybridized carbons (Fsp3) is 0.235. The Labute approximate surface area is 125 Å². The molecule has 1 heterocycles. The third kappa shape index (κ3) is 4.61. The molecule has 0 saturated carbocycles. The molecule has 110 valence electrons. The highest BCUT2D eigenvalue weighted by Gasteiger charge is 2.17. The standard InChI is InChI=1S/C17H20N2O2/c1-19(2)15(16-9-6-12-21-16)13-18-17(20)11-10-14-7-4-3-5-8-14/h3-12,15H,13H2,1-2H3,(H,18,20). The number of carbonyl (C=O) groups excluding carboxylic acids is 1. The van der Waals surface area contributed by atoms with E-state index in [4.69, 9.17) is 4.42 Å². The number of nitrogens with zero attached hydrogens (tertiary/aromatic N) is 1. The van der Waals surface area contributed by atoms with Crippen LogP contribution in [0.25, 0.3) is 6.08 Å². The smallest absolute Gasteiger partial charge is 0.244 e. The molecule has 1 unspecified atom stereocenters. The van der Waals surface area contributed by atoms with Crippen molar-refractivity contribution in [1.29, 1.82) is 0 Å². The third-order valence-electron chi connectivity index (χ3n) is 3.19. The van der Waals surface area contributed by atoms with E-state index in [1.165, 1.54) is 0 Å². The molecule has 21 heavy (non-hydrogen) atoms. The molecule has 0 bridgehead atoms. The molecule has 1 amide bonds. The third-order valence-corrected chi connectivity index (χ3v) is 3.19. The van der Waals surface area contributed by atoms with Gasteiger partial charge in [-0.1, -0.05) is 30.3 Å². The van der Waals surface area contributed by atoms with Crippen LogP contribution in [0.5, 0.6) is 0 Å². The molecular weight excluding hydrogens is 264 g/mol. The molecular formula is C17H20N2O2. The lowest BCUT2D eigenvalue weighted by Crippen LogP contribution is -2.33. The summed E-state index contributed by atoms with van der Waals surface area (Å²) in [5.41, 5.74) is 1.00. The van der Waals surface area contributed by atoms with E-state index >= 15 is 0 Å². The van der Waals surface area contributed by atoms with Crippen LogP contribution in [0.15, 0.2) is 59.2 Å². The molecule has 0 saturated heterocycles. The predicted molar refractivity (Wildman–Crippen MR) is 83.6 cm³/mol. The van der Waals surface area contributed by atoms with Crippen LogP contribution in [0, 0.1) is 0 Å². The van der Waals surface area contributed by atoms with E-state index in [2.05, 4.69) is 5.32 Å². The molecule has 2 aromatic rings. The fourth-order valence-electron chi connectivity index (χ4n) is 2.01. The summed E-state index contributed by atoms with van der Waals surface area (Å²) in [6.07, 6.45) is 4.99. The first-order chi connectivity index (χ1) is 10.2. The molecule has 1 atom stereocenters. The zero-order valence-electron chi connectivity index (χ0n) is 12.3. The van der Waals surface area contributed by atoms with Crippen molar-refractivity contribution in [2.24, 2.45) is 0 Å². The lowest BCUT2D eigenvalue weighted by molar-refractivity contribution is -0.116. The number of furan rings is 1. The normalized spacial score (nSPS) is 12.7. The molecule has 0 fully saturated rings. The summed E-state index contributed by atoms with van der Waals surface area (Å²) in [6, 6.07) is 13.5. The number of carbonyl (C=O) groups is 1. The summed E-state index contributed by atoms with van der Waals surface area (Å²) in [4.78, 5) is 13.9. The van der Waals surface area contributed by atoms with Crippen molar-refractivity contribution < 1.29 is 9.21 Å². The van der Waals surface area contributed by atoms with Crippen LogP contribution in [0.2, 0.25) is 0 Å². The topological polar surface area (TPSA) is 45.5 Å². The van der Waals surface area contributed by atoms with Crippen molar-refractivity contribution in [2.75, 3.05) is 20.6 Å². The van der Waals surface area contributed by atoms with Gasteiger partial charge in [-0.05, 0) is 37.9 Å². The highest BCUT2D eigenvalue weighted by atomic mass is 16.3. The quantitative estimate of drug-likeness (QED) is 0.830. The van der Waals surface area contributed by atoms with Gasteiger partial charge in [0.15, 0.2) is 0 Å². The predicted octanol–water partition coefficient (Wildman–Crippen LogP) is 2.71. The van der Waals surface area contributed by atoms with Crippen molar-refractivity contribution >= 4 is 12.0 Å². The van der Waals surface area contributed by atoms with Gasteiger partial charge < -0.3 is 9.73 Å². The number of nitrogens with one attached hydrogen (secondary N) is 1. The molecule has 1 aromatic carbocycles. The van der Waals surface area contributed by atoms with Crippen LogP contribution in [-0.4, -0.2) is 31.4 Å². The Kier molecular flexibility index (Phi) is 5.35. The monoisotopic (exact) mass is 284 g/mol. The molecule has 2 rings (SSSR count). The summed E-state index contributed by atoms with van der Waals surface area (Å²) in [6.45, 7) is 0.498. The number of likely N-dealkylation sites (N-methyl/N-ethyl adjacent to an activating group) is 1. The summed E-state index contributed by atoms with van der Waals surface area (Å²) in [5.74, 6) is 0.726. The van der Waals surface area contributed by atoms with Gasteiger partial charge in [0.1, 0.15) is 5.76 Å². The molecule has 0 aliphatic heterocycles. The Balaban J connectivity index is 1.89. The van der Waals surface area contributed by atoms with E-state index in [1.54, 1.807) is 18.4 Å². The van der Waals surface area contributed by atoms with Crippen LogP contribution in [0.3, 0.4) is 0 Å². The van der Waals surface area contributed by atoms with E-state index < -0.39 is 0 Å². The minimum absolute atomic E-state index is 0.0223. The van der Waals surface area contributed by atoms with E-state index in [0.29, 0.717) is 6.54 Å². The Morgan fingerprint density at radius 2 is 2.00 bits per heavy atom. The summed E-state index contributed by atoms with van der Waals surface area (Å²) < 4.78 is 5.41. The number of hydrogen-bond acceptors (Lipinski definition) is 3. The fourth-order valence-corrected chi connectivity index (χ4v) is 2.01. The zero-order chi connectivity index (χ0) is 15.1. The van der Waals surface area contributed by atoms with Crippen LogP contribution >= 0.6 is 0 Å². The summed E-state index contributed by atoms with van der Waals surface area (Å²) >= 11 is 0. The minimum Gasteiger partial charge on any atom is -0.468 e. The van der Waals surface area contributed by atoms with Crippen LogP contribution in [-0.2, 0) is 4.79 Å². The number of hydrogen-bond donors (Lipinski definition) is 1. The highest BCUT2D eigenvalue weighted by Crippen LogP contribution is 2.17. The second-order valence-corrected chi connectivity index (χ2v) is 4.98. The lowest BCUT2D eigenvalue weighted by atomic mass is 10.2. The van der Waals surface area contributed by atoms with Crippen molar-refractivity contribution in [3.63, 3.8) is 0 Å². The van der Waals surface area contributed by atoms with Crippen molar-refractivity contribution in [3.05, 3.63) is 66.1 Å². The first kappa shape index (κ1) is 15.1. The SMILES string of the molecule is CN(C)C(CNC(=O)C=Cc1ccccc1)c1ccco1. The van der Waals surface area contributed by atoms with Gasteiger partial charge in [-0.3, -0.25) is 9.69 Å². The highest BCUT2D eigenvalue weighted by molar-refractivity contribution is 5.91. The van der Waals surface area contributed by atoms with E-state index in [9.17, 15) is 4.79 Å². The molecule has 0 aliphatic carbocycles. The molecule has 0 radical (unpaired) electrons. The maximum absolute atomic E-state index is 11.9. The molecule has 0 spiro atoms. The zero-order valence-corrected chi connectivity index (χ0v) is 12.3. The Morgan fingerprint density at radius 3 is 2.62 bits per heavy atom. The Hall–Kier alpha value is -2.33. The van der Waals surface area contributed by atoms with E-state index in [-0.39, 0.29) is 11.9 Å². The van der Waals surface area contributed by atoms with Gasteiger partial charge in [0.05, 0.1) is 12.3 Å². The largest absolute Gasteiger partial charge is 0.468 e. The molecule has 1 N–H and O–H groups in total. The molecule has 4 heteroatoms. The molecule has 1 aromatic heterocycles. The number of benzene rings is 1. The van der Waals surface area contributed by atoms with Gasteiger partial charge in [0, 0.05) is 12.6 Å². The Bertz CT molecular complexity index is 574. The maximum atomic E-state index is 11.9. The average molecular weight is 284 g/mol.